The van der Waals surface area contributed by atoms with E-state index in [-0.39, 0.29) is 11.7 Å². The molecule has 0 heterocycles. The van der Waals surface area contributed by atoms with Crippen LogP contribution in [0.4, 0.5) is 0 Å². The first-order chi connectivity index (χ1) is 9.17. The molecule has 0 aliphatic heterocycles. The van der Waals surface area contributed by atoms with Gasteiger partial charge in [0.1, 0.15) is 0 Å². The van der Waals surface area contributed by atoms with E-state index in [2.05, 4.69) is 0 Å². The second-order valence-electron chi connectivity index (χ2n) is 3.66. The van der Waals surface area contributed by atoms with Crippen molar-refractivity contribution in [3.05, 3.63) is 17.7 Å². The highest BCUT2D eigenvalue weighted by atomic mass is 35.5. The van der Waals surface area contributed by atoms with Gasteiger partial charge in [-0.15, -0.1) is 11.6 Å². The first-order valence-electron chi connectivity index (χ1n) is 6.33. The lowest BCUT2D eigenvalue weighted by molar-refractivity contribution is 0.102. The molecule has 0 amide bonds. The Balaban J connectivity index is 3.29. The van der Waals surface area contributed by atoms with Crippen molar-refractivity contribution in [3.8, 4) is 17.2 Å². The summed E-state index contributed by atoms with van der Waals surface area (Å²) in [4.78, 5) is 11.7. The van der Waals surface area contributed by atoms with E-state index in [1.54, 1.807) is 12.1 Å². The third kappa shape index (κ3) is 4.03. The van der Waals surface area contributed by atoms with Crippen molar-refractivity contribution in [2.24, 2.45) is 0 Å². The number of benzene rings is 1. The average Bonchev–Trinajstić information content (AvgIpc) is 2.41. The second-order valence-corrected chi connectivity index (χ2v) is 3.92. The number of hydrogen-bond acceptors (Lipinski definition) is 4. The van der Waals surface area contributed by atoms with Gasteiger partial charge in [-0.1, -0.05) is 0 Å². The number of alkyl halides is 1. The molecule has 0 aliphatic rings. The maximum absolute atomic E-state index is 11.7. The van der Waals surface area contributed by atoms with Crippen LogP contribution >= 0.6 is 11.6 Å². The lowest BCUT2D eigenvalue weighted by atomic mass is 10.1. The smallest absolute Gasteiger partial charge is 0.203 e. The van der Waals surface area contributed by atoms with E-state index >= 15 is 0 Å². The van der Waals surface area contributed by atoms with Gasteiger partial charge in [0.25, 0.3) is 0 Å². The minimum atomic E-state index is -0.174. The van der Waals surface area contributed by atoms with Gasteiger partial charge in [0.05, 0.1) is 25.7 Å². The first kappa shape index (κ1) is 15.6. The summed E-state index contributed by atoms with van der Waals surface area (Å²) in [6.07, 6.45) is 0. The van der Waals surface area contributed by atoms with Gasteiger partial charge in [0.2, 0.25) is 5.75 Å². The van der Waals surface area contributed by atoms with Crippen LogP contribution in [0.15, 0.2) is 12.1 Å². The van der Waals surface area contributed by atoms with Crippen LogP contribution in [-0.4, -0.2) is 31.5 Å². The molecular formula is C14H19ClO4. The van der Waals surface area contributed by atoms with Gasteiger partial charge >= 0.3 is 0 Å². The van der Waals surface area contributed by atoms with Crippen LogP contribution in [0.3, 0.4) is 0 Å². The van der Waals surface area contributed by atoms with Gasteiger partial charge in [0.15, 0.2) is 17.3 Å². The molecule has 5 heteroatoms. The summed E-state index contributed by atoms with van der Waals surface area (Å²) < 4.78 is 16.6. The van der Waals surface area contributed by atoms with Gasteiger partial charge in [-0.2, -0.15) is 0 Å². The molecule has 0 aliphatic carbocycles. The van der Waals surface area contributed by atoms with E-state index in [0.29, 0.717) is 42.6 Å². The van der Waals surface area contributed by atoms with E-state index in [1.165, 1.54) is 0 Å². The fourth-order valence-corrected chi connectivity index (χ4v) is 1.78. The van der Waals surface area contributed by atoms with Crippen LogP contribution in [0, 0.1) is 0 Å². The van der Waals surface area contributed by atoms with Crippen LogP contribution in [0.1, 0.15) is 31.1 Å². The predicted molar refractivity (Wildman–Crippen MR) is 75.0 cm³/mol. The summed E-state index contributed by atoms with van der Waals surface area (Å²) in [6.45, 7) is 7.05. The fraction of sp³-hybridized carbons (Fsp3) is 0.500. The molecule has 1 aromatic rings. The second kappa shape index (κ2) is 7.89. The number of halogens is 1. The van der Waals surface area contributed by atoms with E-state index in [1.807, 2.05) is 20.8 Å². The topological polar surface area (TPSA) is 44.8 Å². The summed E-state index contributed by atoms with van der Waals surface area (Å²) in [5.74, 6) is 1.28. The number of hydrogen-bond donors (Lipinski definition) is 0. The molecule has 0 N–H and O–H groups in total. The number of ether oxygens (including phenoxy) is 3. The average molecular weight is 287 g/mol. The van der Waals surface area contributed by atoms with Crippen molar-refractivity contribution in [2.45, 2.75) is 20.8 Å². The molecule has 1 rings (SSSR count). The lowest BCUT2D eigenvalue weighted by Crippen LogP contribution is -2.06. The van der Waals surface area contributed by atoms with E-state index in [4.69, 9.17) is 25.8 Å². The number of rotatable bonds is 8. The molecule has 0 aromatic heterocycles. The molecular weight excluding hydrogens is 268 g/mol. The Hall–Kier alpha value is -1.42. The zero-order valence-electron chi connectivity index (χ0n) is 11.5. The van der Waals surface area contributed by atoms with Crippen LogP contribution < -0.4 is 14.2 Å². The zero-order valence-corrected chi connectivity index (χ0v) is 12.3. The van der Waals surface area contributed by atoms with Crippen molar-refractivity contribution in [2.75, 3.05) is 25.7 Å². The Morgan fingerprint density at radius 2 is 1.47 bits per heavy atom. The highest BCUT2D eigenvalue weighted by Gasteiger charge is 2.17. The molecule has 19 heavy (non-hydrogen) atoms. The molecule has 106 valence electrons. The third-order valence-corrected chi connectivity index (χ3v) is 2.60. The number of carbonyl (C=O) groups is 1. The summed E-state index contributed by atoms with van der Waals surface area (Å²) in [7, 11) is 0. The largest absolute Gasteiger partial charge is 0.490 e. The van der Waals surface area contributed by atoms with Crippen LogP contribution in [0.5, 0.6) is 17.2 Å². The number of Topliss-reactive ketones (excluding diaryl/α,β-unsaturated/α-hetero) is 1. The number of ketones is 1. The van der Waals surface area contributed by atoms with Crippen LogP contribution in [0.2, 0.25) is 0 Å². The fourth-order valence-electron chi connectivity index (χ4n) is 1.63. The molecule has 0 saturated carbocycles. The Morgan fingerprint density at radius 1 is 1.00 bits per heavy atom. The normalized spacial score (nSPS) is 10.1. The maximum Gasteiger partial charge on any atom is 0.203 e. The van der Waals surface area contributed by atoms with Gasteiger partial charge < -0.3 is 14.2 Å². The summed E-state index contributed by atoms with van der Waals surface area (Å²) in [5.41, 5.74) is 0.463. The molecule has 0 atom stereocenters. The Kier molecular flexibility index (Phi) is 6.50. The van der Waals surface area contributed by atoms with E-state index in [0.717, 1.165) is 0 Å². The summed E-state index contributed by atoms with van der Waals surface area (Å²) >= 11 is 5.58. The first-order valence-corrected chi connectivity index (χ1v) is 6.86. The van der Waals surface area contributed by atoms with Gasteiger partial charge in [0, 0.05) is 5.56 Å². The molecule has 4 nitrogen and oxygen atoms in total. The van der Waals surface area contributed by atoms with Crippen molar-refractivity contribution < 1.29 is 19.0 Å². The highest BCUT2D eigenvalue weighted by molar-refractivity contribution is 6.30. The molecule has 0 saturated heterocycles. The minimum absolute atomic E-state index is 0.0783. The maximum atomic E-state index is 11.7. The third-order valence-electron chi connectivity index (χ3n) is 2.35. The van der Waals surface area contributed by atoms with Crippen molar-refractivity contribution >= 4 is 17.4 Å². The van der Waals surface area contributed by atoms with Gasteiger partial charge in [-0.25, -0.2) is 0 Å². The Morgan fingerprint density at radius 3 is 1.84 bits per heavy atom. The Labute approximate surface area is 118 Å². The van der Waals surface area contributed by atoms with E-state index < -0.39 is 0 Å². The van der Waals surface area contributed by atoms with E-state index in [9.17, 15) is 4.79 Å². The van der Waals surface area contributed by atoms with Crippen molar-refractivity contribution in [3.63, 3.8) is 0 Å². The quantitative estimate of drug-likeness (QED) is 0.543. The predicted octanol–water partition coefficient (Wildman–Crippen LogP) is 3.30. The summed E-state index contributed by atoms with van der Waals surface area (Å²) in [6, 6.07) is 3.28. The minimum Gasteiger partial charge on any atom is -0.490 e. The monoisotopic (exact) mass is 286 g/mol. The standard InChI is InChI=1S/C14H19ClO4/c1-4-17-12-7-10(11(16)9-15)8-13(18-5-2)14(12)19-6-3/h7-8H,4-6,9H2,1-3H3. The summed E-state index contributed by atoms with van der Waals surface area (Å²) in [5, 5.41) is 0. The molecule has 1 aromatic carbocycles. The molecule has 0 radical (unpaired) electrons. The molecule has 0 bridgehead atoms. The number of carbonyl (C=O) groups excluding carboxylic acids is 1. The highest BCUT2D eigenvalue weighted by Crippen LogP contribution is 2.39. The SMILES string of the molecule is CCOc1cc(C(=O)CCl)cc(OCC)c1OCC. The van der Waals surface area contributed by atoms with Crippen molar-refractivity contribution in [1.29, 1.82) is 0 Å². The molecule has 0 fully saturated rings. The van der Waals surface area contributed by atoms with Gasteiger partial charge in [-0.05, 0) is 32.9 Å². The van der Waals surface area contributed by atoms with Crippen molar-refractivity contribution in [1.82, 2.24) is 0 Å². The van der Waals surface area contributed by atoms with Crippen LogP contribution in [0.25, 0.3) is 0 Å². The molecule has 0 unspecified atom stereocenters. The van der Waals surface area contributed by atoms with Crippen LogP contribution in [-0.2, 0) is 0 Å². The Bertz CT molecular complexity index is 404. The van der Waals surface area contributed by atoms with Gasteiger partial charge in [-0.3, -0.25) is 4.79 Å². The zero-order chi connectivity index (χ0) is 14.3. The molecule has 0 spiro atoms. The lowest BCUT2D eigenvalue weighted by Gasteiger charge is -2.16.